The van der Waals surface area contributed by atoms with E-state index < -0.39 is 9.84 Å². The number of pyridine rings is 1. The quantitative estimate of drug-likeness (QED) is 0.613. The summed E-state index contributed by atoms with van der Waals surface area (Å²) in [5.41, 5.74) is 1.34. The van der Waals surface area contributed by atoms with Crippen LogP contribution in [0, 0.1) is 11.3 Å². The van der Waals surface area contributed by atoms with Crippen LogP contribution >= 0.6 is 0 Å². The molecule has 1 spiro atoms. The van der Waals surface area contributed by atoms with Crippen molar-refractivity contribution in [3.63, 3.8) is 0 Å². The maximum atomic E-state index is 12.1. The summed E-state index contributed by atoms with van der Waals surface area (Å²) in [5, 5.41) is 6.91. The molecule has 0 radical (unpaired) electrons. The summed E-state index contributed by atoms with van der Waals surface area (Å²) in [6.45, 7) is 5.33. The molecule has 2 aliphatic carbocycles. The Morgan fingerprint density at radius 2 is 2.07 bits per heavy atom. The van der Waals surface area contributed by atoms with Crippen LogP contribution in [0.15, 0.2) is 12.3 Å². The van der Waals surface area contributed by atoms with Crippen LogP contribution in [0.25, 0.3) is 0 Å². The normalized spacial score (nSPS) is 28.8. The number of hydrogen-bond acceptors (Lipinski definition) is 6. The minimum atomic E-state index is -2.84. The Labute approximate surface area is 168 Å². The second kappa shape index (κ2) is 8.19. The zero-order valence-electron chi connectivity index (χ0n) is 16.9. The Morgan fingerprint density at radius 1 is 1.25 bits per heavy atom. The lowest BCUT2D eigenvalue weighted by molar-refractivity contribution is 0.246. The highest BCUT2D eigenvalue weighted by Crippen LogP contribution is 2.60. The number of rotatable bonds is 9. The fourth-order valence-electron chi connectivity index (χ4n) is 5.05. The minimum absolute atomic E-state index is 0.0337. The lowest BCUT2D eigenvalue weighted by Gasteiger charge is -2.29. The smallest absolute Gasteiger partial charge is 0.153 e. The van der Waals surface area contributed by atoms with E-state index in [1.165, 1.54) is 24.8 Å². The number of sulfone groups is 1. The van der Waals surface area contributed by atoms with Crippen LogP contribution in [-0.4, -0.2) is 50.6 Å². The molecule has 6 nitrogen and oxygen atoms in total. The number of ether oxygens (including phenoxy) is 1. The molecule has 0 aromatic carbocycles. The van der Waals surface area contributed by atoms with E-state index in [1.54, 1.807) is 13.1 Å². The fraction of sp³-hybridized carbons (Fsp3) is 0.762. The zero-order valence-corrected chi connectivity index (χ0v) is 17.7. The summed E-state index contributed by atoms with van der Waals surface area (Å²) in [4.78, 5) is 4.43. The molecule has 1 aromatic heterocycles. The molecule has 0 amide bonds. The highest BCUT2D eigenvalue weighted by atomic mass is 32.2. The Hall–Kier alpha value is -1.34. The minimum Gasteiger partial charge on any atom is -0.493 e. The van der Waals surface area contributed by atoms with Crippen molar-refractivity contribution >= 4 is 15.7 Å². The van der Waals surface area contributed by atoms with Gasteiger partial charge in [0.05, 0.1) is 11.9 Å². The van der Waals surface area contributed by atoms with E-state index in [2.05, 4.69) is 15.6 Å². The van der Waals surface area contributed by atoms with Gasteiger partial charge < -0.3 is 15.4 Å². The van der Waals surface area contributed by atoms with Gasteiger partial charge in [0.25, 0.3) is 0 Å². The first kappa shape index (κ1) is 20.0. The van der Waals surface area contributed by atoms with Crippen LogP contribution in [0.2, 0.25) is 0 Å². The molecule has 0 bridgehead atoms. The first-order valence-electron chi connectivity index (χ1n) is 10.8. The summed E-state index contributed by atoms with van der Waals surface area (Å²) in [5.74, 6) is 2.96. The molecular weight excluding hydrogens is 374 g/mol. The number of nitrogens with zero attached hydrogens (tertiary/aromatic N) is 1. The van der Waals surface area contributed by atoms with Gasteiger partial charge in [-0.15, -0.1) is 0 Å². The lowest BCUT2D eigenvalue weighted by atomic mass is 9.78. The second-order valence-corrected chi connectivity index (χ2v) is 11.1. The Kier molecular flexibility index (Phi) is 5.83. The highest BCUT2D eigenvalue weighted by Gasteiger charge is 2.60. The van der Waals surface area contributed by atoms with Gasteiger partial charge in [0.15, 0.2) is 9.84 Å². The van der Waals surface area contributed by atoms with Gasteiger partial charge in [-0.25, -0.2) is 13.4 Å². The lowest BCUT2D eigenvalue weighted by Crippen LogP contribution is -2.27. The number of aromatic nitrogens is 1. The molecule has 0 saturated heterocycles. The van der Waals surface area contributed by atoms with Crippen LogP contribution in [0.4, 0.5) is 5.82 Å². The Balaban J connectivity index is 1.10. The van der Waals surface area contributed by atoms with Crippen molar-refractivity contribution in [3.8, 4) is 5.75 Å². The molecule has 2 fully saturated rings. The maximum absolute atomic E-state index is 12.1. The number of fused-ring (bicyclic) bond motifs is 1. The van der Waals surface area contributed by atoms with Crippen molar-refractivity contribution < 1.29 is 13.2 Å². The molecule has 0 unspecified atom stereocenters. The van der Waals surface area contributed by atoms with Crippen molar-refractivity contribution in [2.45, 2.75) is 57.1 Å². The Bertz CT molecular complexity index is 788. The molecule has 4 rings (SSSR count). The Morgan fingerprint density at radius 3 is 2.86 bits per heavy atom. The number of hydrogen-bond donors (Lipinski definition) is 2. The van der Waals surface area contributed by atoms with E-state index in [-0.39, 0.29) is 10.7 Å². The molecule has 7 heteroatoms. The van der Waals surface area contributed by atoms with Crippen molar-refractivity contribution in [1.29, 1.82) is 0 Å². The first-order valence-corrected chi connectivity index (χ1v) is 12.5. The molecule has 2 N–H and O–H groups in total. The highest BCUT2D eigenvalue weighted by molar-refractivity contribution is 7.92. The van der Waals surface area contributed by atoms with E-state index in [0.29, 0.717) is 5.75 Å². The fourth-order valence-corrected chi connectivity index (χ4v) is 7.04. The van der Waals surface area contributed by atoms with E-state index >= 15 is 0 Å². The van der Waals surface area contributed by atoms with Crippen molar-refractivity contribution in [3.05, 3.63) is 17.8 Å². The van der Waals surface area contributed by atoms with Crippen molar-refractivity contribution in [2.75, 3.05) is 37.3 Å². The molecule has 1 atom stereocenters. The van der Waals surface area contributed by atoms with Crippen LogP contribution in [-0.2, 0) is 16.3 Å². The average molecular weight is 408 g/mol. The van der Waals surface area contributed by atoms with E-state index in [9.17, 15) is 8.42 Å². The van der Waals surface area contributed by atoms with E-state index in [4.69, 9.17) is 4.74 Å². The summed E-state index contributed by atoms with van der Waals surface area (Å²) >= 11 is 0. The van der Waals surface area contributed by atoms with Gasteiger partial charge in [-0.3, -0.25) is 0 Å². The predicted octanol–water partition coefficient (Wildman–Crippen LogP) is 2.79. The predicted molar refractivity (Wildman–Crippen MR) is 112 cm³/mol. The van der Waals surface area contributed by atoms with Gasteiger partial charge in [0, 0.05) is 37.0 Å². The first-order chi connectivity index (χ1) is 13.5. The third kappa shape index (κ3) is 4.15. The van der Waals surface area contributed by atoms with Crippen molar-refractivity contribution in [1.82, 2.24) is 10.3 Å². The summed E-state index contributed by atoms with van der Waals surface area (Å²) in [6, 6.07) is 1.93. The van der Waals surface area contributed by atoms with Crippen molar-refractivity contribution in [2.24, 2.45) is 11.3 Å². The van der Waals surface area contributed by atoms with Gasteiger partial charge in [-0.2, -0.15) is 0 Å². The molecule has 1 aliphatic heterocycles. The molecule has 1 aromatic rings. The average Bonchev–Trinajstić information content (AvgIpc) is 3.20. The van der Waals surface area contributed by atoms with Gasteiger partial charge in [-0.05, 0) is 62.5 Å². The third-order valence-corrected chi connectivity index (χ3v) is 9.34. The van der Waals surface area contributed by atoms with Crippen LogP contribution in [0.1, 0.15) is 51.0 Å². The maximum Gasteiger partial charge on any atom is 0.153 e. The van der Waals surface area contributed by atoms with E-state index in [1.807, 2.05) is 6.07 Å². The molecule has 2 heterocycles. The molecule has 3 aliphatic rings. The van der Waals surface area contributed by atoms with Crippen LogP contribution in [0.3, 0.4) is 0 Å². The van der Waals surface area contributed by atoms with Gasteiger partial charge in [0.1, 0.15) is 11.6 Å². The second-order valence-electron chi connectivity index (χ2n) is 8.65. The monoisotopic (exact) mass is 407 g/mol. The van der Waals surface area contributed by atoms with Gasteiger partial charge in [-0.1, -0.05) is 6.92 Å². The number of anilines is 1. The summed E-state index contributed by atoms with van der Waals surface area (Å²) < 4.78 is 29.8. The standard InChI is InChI=1S/C21H33N3O3S/c1-2-28(25,26)19-15-21(19)8-3-16(4-9-21)5-10-22-12-13-24-20-17-7-14-27-18(17)6-11-23-20/h6,11,16,19,22H,2-5,7-10,12-15H2,1H3,(H,23,24)/t16?,19-,21?/m1/s1. The van der Waals surface area contributed by atoms with Crippen LogP contribution in [0.5, 0.6) is 5.75 Å². The molecule has 28 heavy (non-hydrogen) atoms. The molecular formula is C21H33N3O3S. The third-order valence-electron chi connectivity index (χ3n) is 7.00. The van der Waals surface area contributed by atoms with Gasteiger partial charge in [0.2, 0.25) is 0 Å². The summed E-state index contributed by atoms with van der Waals surface area (Å²) in [6.07, 6.45) is 9.43. The molecule has 156 valence electrons. The van der Waals surface area contributed by atoms with E-state index in [0.717, 1.165) is 69.4 Å². The van der Waals surface area contributed by atoms with Crippen LogP contribution < -0.4 is 15.4 Å². The largest absolute Gasteiger partial charge is 0.493 e. The SMILES string of the molecule is CCS(=O)(=O)[C@@H]1CC12CCC(CCNCCNc1nccc3c1CCO3)CC2. The summed E-state index contributed by atoms with van der Waals surface area (Å²) in [7, 11) is -2.84. The molecule has 2 saturated carbocycles. The van der Waals surface area contributed by atoms with Gasteiger partial charge >= 0.3 is 0 Å². The number of nitrogens with one attached hydrogen (secondary N) is 2. The zero-order chi connectivity index (χ0) is 19.6. The topological polar surface area (TPSA) is 80.3 Å².